The number of furan rings is 1. The van der Waals surface area contributed by atoms with Crippen LogP contribution in [0.3, 0.4) is 0 Å². The van der Waals surface area contributed by atoms with Crippen molar-refractivity contribution in [2.24, 2.45) is 0 Å². The highest BCUT2D eigenvalue weighted by Crippen LogP contribution is 2.19. The van der Waals surface area contributed by atoms with Gasteiger partial charge in [0, 0.05) is 25.4 Å². The molecule has 0 saturated heterocycles. The van der Waals surface area contributed by atoms with Crippen molar-refractivity contribution in [3.63, 3.8) is 0 Å². The Morgan fingerprint density at radius 3 is 2.39 bits per heavy atom. The van der Waals surface area contributed by atoms with Gasteiger partial charge < -0.3 is 9.73 Å². The number of nitrogens with one attached hydrogen (secondary N) is 1. The van der Waals surface area contributed by atoms with Crippen molar-refractivity contribution in [1.29, 1.82) is 0 Å². The van der Waals surface area contributed by atoms with E-state index in [0.717, 1.165) is 5.56 Å². The quantitative estimate of drug-likeness (QED) is 0.617. The third kappa shape index (κ3) is 4.97. The van der Waals surface area contributed by atoms with Crippen molar-refractivity contribution in [2.75, 3.05) is 12.4 Å². The molecule has 0 aliphatic carbocycles. The van der Waals surface area contributed by atoms with Crippen LogP contribution < -0.4 is 5.32 Å². The number of hydrogen-bond acceptors (Lipinski definition) is 4. The Bertz CT molecular complexity index is 1040. The van der Waals surface area contributed by atoms with Gasteiger partial charge in [-0.2, -0.15) is 4.31 Å². The van der Waals surface area contributed by atoms with Gasteiger partial charge in [0.2, 0.25) is 15.9 Å². The average Bonchev–Trinajstić information content (AvgIpc) is 3.21. The maximum Gasteiger partial charge on any atom is 0.248 e. The van der Waals surface area contributed by atoms with Gasteiger partial charge in [-0.15, -0.1) is 0 Å². The molecule has 0 fully saturated rings. The molecule has 1 aromatic heterocycles. The molecule has 0 atom stereocenters. The predicted octanol–water partition coefficient (Wildman–Crippen LogP) is 3.75. The summed E-state index contributed by atoms with van der Waals surface area (Å²) in [6.07, 6.45) is 4.41. The molecule has 1 amide bonds. The fraction of sp³-hybridized carbons (Fsp3) is 0.0952. The fourth-order valence-corrected chi connectivity index (χ4v) is 3.70. The fourth-order valence-electron chi connectivity index (χ4n) is 2.54. The number of nitrogens with zero attached hydrogens (tertiary/aromatic N) is 1. The van der Waals surface area contributed by atoms with Crippen molar-refractivity contribution in [3.05, 3.63) is 90.4 Å². The Morgan fingerprint density at radius 1 is 1.04 bits per heavy atom. The lowest BCUT2D eigenvalue weighted by atomic mass is 10.2. The molecule has 0 bridgehead atoms. The van der Waals surface area contributed by atoms with E-state index in [9.17, 15) is 13.2 Å². The van der Waals surface area contributed by atoms with Gasteiger partial charge in [-0.25, -0.2) is 8.42 Å². The van der Waals surface area contributed by atoms with Crippen molar-refractivity contribution >= 4 is 27.7 Å². The van der Waals surface area contributed by atoms with E-state index in [2.05, 4.69) is 5.32 Å². The SMILES string of the molecule is CN(Cc1ccccc1)S(=O)(=O)c1ccc(NC(=O)/C=C/c2ccco2)cc1. The van der Waals surface area contributed by atoms with E-state index in [1.54, 1.807) is 30.3 Å². The Hall–Kier alpha value is -3.16. The summed E-state index contributed by atoms with van der Waals surface area (Å²) in [5, 5.41) is 2.68. The molecule has 6 nitrogen and oxygen atoms in total. The first-order valence-electron chi connectivity index (χ1n) is 8.58. The van der Waals surface area contributed by atoms with Crippen LogP contribution in [-0.2, 0) is 21.4 Å². The van der Waals surface area contributed by atoms with Crippen LogP contribution in [-0.4, -0.2) is 25.7 Å². The lowest BCUT2D eigenvalue weighted by molar-refractivity contribution is -0.111. The zero-order chi connectivity index (χ0) is 20.0. The second-order valence-electron chi connectivity index (χ2n) is 6.11. The molecule has 3 rings (SSSR count). The summed E-state index contributed by atoms with van der Waals surface area (Å²) in [5.41, 5.74) is 1.40. The minimum absolute atomic E-state index is 0.162. The van der Waals surface area contributed by atoms with E-state index < -0.39 is 10.0 Å². The van der Waals surface area contributed by atoms with Gasteiger partial charge in [0.25, 0.3) is 0 Å². The molecular weight excluding hydrogens is 376 g/mol. The van der Waals surface area contributed by atoms with E-state index in [1.165, 1.54) is 35.8 Å². The summed E-state index contributed by atoms with van der Waals surface area (Å²) in [6.45, 7) is 0.277. The van der Waals surface area contributed by atoms with Crippen LogP contribution in [0.2, 0.25) is 0 Å². The standard InChI is InChI=1S/C21H20N2O4S/c1-23(16-17-6-3-2-4-7-17)28(25,26)20-12-9-18(10-13-20)22-21(24)14-11-19-8-5-15-27-19/h2-15H,16H2,1H3,(H,22,24)/b14-11+. The third-order valence-corrected chi connectivity index (χ3v) is 5.84. The molecule has 1 N–H and O–H groups in total. The second-order valence-corrected chi connectivity index (χ2v) is 8.15. The summed E-state index contributed by atoms with van der Waals surface area (Å²) < 4.78 is 31.8. The number of rotatable bonds is 7. The Labute approximate surface area is 164 Å². The molecule has 0 saturated carbocycles. The number of anilines is 1. The highest BCUT2D eigenvalue weighted by Gasteiger charge is 2.20. The summed E-state index contributed by atoms with van der Waals surface area (Å²) >= 11 is 0. The smallest absolute Gasteiger partial charge is 0.248 e. The highest BCUT2D eigenvalue weighted by atomic mass is 32.2. The number of amides is 1. The lowest BCUT2D eigenvalue weighted by Gasteiger charge is -2.17. The minimum atomic E-state index is -3.63. The first kappa shape index (κ1) is 19.6. The van der Waals surface area contributed by atoms with E-state index in [4.69, 9.17) is 4.42 Å². The van der Waals surface area contributed by atoms with Crippen LogP contribution in [0.5, 0.6) is 0 Å². The lowest BCUT2D eigenvalue weighted by Crippen LogP contribution is -2.26. The summed E-state index contributed by atoms with van der Waals surface area (Å²) in [6, 6.07) is 18.9. The number of carbonyl (C=O) groups excluding carboxylic acids is 1. The van der Waals surface area contributed by atoms with Crippen LogP contribution in [0.1, 0.15) is 11.3 Å². The van der Waals surface area contributed by atoms with Gasteiger partial charge in [-0.3, -0.25) is 4.79 Å². The second kappa shape index (κ2) is 8.69. The number of hydrogen-bond donors (Lipinski definition) is 1. The monoisotopic (exact) mass is 396 g/mol. The summed E-state index contributed by atoms with van der Waals surface area (Å²) in [4.78, 5) is 12.1. The molecule has 0 unspecified atom stereocenters. The van der Waals surface area contributed by atoms with Crippen molar-refractivity contribution < 1.29 is 17.6 Å². The van der Waals surface area contributed by atoms with Gasteiger partial charge in [0.15, 0.2) is 0 Å². The van der Waals surface area contributed by atoms with Gasteiger partial charge >= 0.3 is 0 Å². The van der Waals surface area contributed by atoms with Crippen LogP contribution in [0.4, 0.5) is 5.69 Å². The molecular formula is C21H20N2O4S. The average molecular weight is 396 g/mol. The van der Waals surface area contributed by atoms with E-state index in [-0.39, 0.29) is 17.3 Å². The maximum atomic E-state index is 12.7. The molecule has 144 valence electrons. The molecule has 0 radical (unpaired) electrons. The summed E-state index contributed by atoms with van der Waals surface area (Å²) in [7, 11) is -2.09. The number of carbonyl (C=O) groups is 1. The minimum Gasteiger partial charge on any atom is -0.465 e. The molecule has 1 heterocycles. The molecule has 7 heteroatoms. The highest BCUT2D eigenvalue weighted by molar-refractivity contribution is 7.89. The first-order valence-corrected chi connectivity index (χ1v) is 10.0. The van der Waals surface area contributed by atoms with Crippen molar-refractivity contribution in [3.8, 4) is 0 Å². The molecule has 0 aliphatic rings. The van der Waals surface area contributed by atoms with Gasteiger partial charge in [0.1, 0.15) is 5.76 Å². The zero-order valence-corrected chi connectivity index (χ0v) is 16.1. The summed E-state index contributed by atoms with van der Waals surface area (Å²) in [5.74, 6) is 0.228. The maximum absolute atomic E-state index is 12.7. The number of benzene rings is 2. The van der Waals surface area contributed by atoms with Gasteiger partial charge in [-0.1, -0.05) is 30.3 Å². The van der Waals surface area contributed by atoms with E-state index in [0.29, 0.717) is 11.4 Å². The number of sulfonamides is 1. The molecule has 0 aliphatic heterocycles. The van der Waals surface area contributed by atoms with Crippen LogP contribution in [0.15, 0.2) is 88.4 Å². The molecule has 3 aromatic rings. The van der Waals surface area contributed by atoms with Crippen LogP contribution >= 0.6 is 0 Å². The van der Waals surface area contributed by atoms with Crippen LogP contribution in [0, 0.1) is 0 Å². The Kier molecular flexibility index (Phi) is 6.08. The molecule has 0 spiro atoms. The normalized spacial score (nSPS) is 11.8. The van der Waals surface area contributed by atoms with Crippen molar-refractivity contribution in [2.45, 2.75) is 11.4 Å². The van der Waals surface area contributed by atoms with E-state index in [1.807, 2.05) is 30.3 Å². The third-order valence-electron chi connectivity index (χ3n) is 4.02. The van der Waals surface area contributed by atoms with Crippen molar-refractivity contribution in [1.82, 2.24) is 4.31 Å². The van der Waals surface area contributed by atoms with E-state index >= 15 is 0 Å². The Morgan fingerprint density at radius 2 is 1.75 bits per heavy atom. The molecule has 28 heavy (non-hydrogen) atoms. The predicted molar refractivity (Wildman–Crippen MR) is 108 cm³/mol. The first-order chi connectivity index (χ1) is 13.4. The van der Waals surface area contributed by atoms with Gasteiger partial charge in [-0.05, 0) is 48.0 Å². The molecule has 2 aromatic carbocycles. The largest absolute Gasteiger partial charge is 0.465 e. The van der Waals surface area contributed by atoms with Crippen LogP contribution in [0.25, 0.3) is 6.08 Å². The van der Waals surface area contributed by atoms with Gasteiger partial charge in [0.05, 0.1) is 11.2 Å². The zero-order valence-electron chi connectivity index (χ0n) is 15.3. The Balaban J connectivity index is 1.64. The topological polar surface area (TPSA) is 79.6 Å².